The van der Waals surface area contributed by atoms with E-state index in [2.05, 4.69) is 11.4 Å². The Morgan fingerprint density at radius 2 is 2.04 bits per heavy atom. The number of hydrogen-bond acceptors (Lipinski definition) is 3. The van der Waals surface area contributed by atoms with E-state index in [0.717, 1.165) is 27.9 Å². The molecule has 25 heavy (non-hydrogen) atoms. The molecule has 1 amide bonds. The molecule has 1 heterocycles. The van der Waals surface area contributed by atoms with Crippen LogP contribution >= 0.6 is 0 Å². The molecule has 0 aliphatic carbocycles. The Morgan fingerprint density at radius 3 is 2.72 bits per heavy atom. The maximum Gasteiger partial charge on any atom is 0.211 e. The van der Waals surface area contributed by atoms with Gasteiger partial charge >= 0.3 is 0 Å². The number of amides is 1. The predicted molar refractivity (Wildman–Crippen MR) is 98.5 cm³/mol. The number of nitrogens with zero attached hydrogens (tertiary/aromatic N) is 2. The smallest absolute Gasteiger partial charge is 0.211 e. The van der Waals surface area contributed by atoms with Crippen molar-refractivity contribution in [3.63, 3.8) is 0 Å². The maximum atomic E-state index is 10.7. The van der Waals surface area contributed by atoms with Crippen LogP contribution < -0.4 is 10.1 Å². The van der Waals surface area contributed by atoms with E-state index in [4.69, 9.17) is 4.74 Å². The molecule has 5 nitrogen and oxygen atoms in total. The van der Waals surface area contributed by atoms with Crippen LogP contribution in [0.25, 0.3) is 22.2 Å². The summed E-state index contributed by atoms with van der Waals surface area (Å²) in [5.74, 6) is 0.774. The summed E-state index contributed by atoms with van der Waals surface area (Å²) >= 11 is 0. The second-order valence-corrected chi connectivity index (χ2v) is 6.08. The summed E-state index contributed by atoms with van der Waals surface area (Å²) in [6, 6.07) is 15.5. The lowest BCUT2D eigenvalue weighted by Crippen LogP contribution is -2.05. The molecule has 0 spiro atoms. The molecule has 0 saturated carbocycles. The fourth-order valence-electron chi connectivity index (χ4n) is 3.04. The second-order valence-electron chi connectivity index (χ2n) is 6.08. The van der Waals surface area contributed by atoms with Gasteiger partial charge in [0.25, 0.3) is 0 Å². The second kappa shape index (κ2) is 6.70. The summed E-state index contributed by atoms with van der Waals surface area (Å²) in [5, 5.41) is 13.2. The Balaban J connectivity index is 2.21. The Hall–Kier alpha value is -3.26. The van der Waals surface area contributed by atoms with Crippen LogP contribution in [0, 0.1) is 11.3 Å². The maximum absolute atomic E-state index is 10.7. The minimum Gasteiger partial charge on any atom is -0.491 e. The molecule has 3 aromatic rings. The largest absolute Gasteiger partial charge is 0.491 e. The predicted octanol–water partition coefficient (Wildman–Crippen LogP) is 4.07. The van der Waals surface area contributed by atoms with Gasteiger partial charge in [-0.15, -0.1) is 0 Å². The topological polar surface area (TPSA) is 67.0 Å². The number of aryl methyl sites for hydroxylation is 1. The summed E-state index contributed by atoms with van der Waals surface area (Å²) in [5.41, 5.74) is 3.91. The van der Waals surface area contributed by atoms with Crippen LogP contribution in [0.1, 0.15) is 19.4 Å². The normalized spacial score (nSPS) is 10.7. The van der Waals surface area contributed by atoms with Crippen molar-refractivity contribution < 1.29 is 9.53 Å². The van der Waals surface area contributed by atoms with E-state index >= 15 is 0 Å². The molecule has 3 rings (SSSR count). The highest BCUT2D eigenvalue weighted by atomic mass is 16.5. The first kappa shape index (κ1) is 16.6. The Morgan fingerprint density at radius 1 is 1.24 bits per heavy atom. The van der Waals surface area contributed by atoms with Gasteiger partial charge in [0.05, 0.1) is 22.9 Å². The summed E-state index contributed by atoms with van der Waals surface area (Å²) in [6.07, 6.45) is 0.722. The molecular weight excluding hydrogens is 314 g/mol. The number of nitriles is 1. The van der Waals surface area contributed by atoms with Crippen molar-refractivity contribution in [2.45, 2.75) is 20.0 Å². The molecule has 1 N–H and O–H groups in total. The zero-order valence-electron chi connectivity index (χ0n) is 14.4. The van der Waals surface area contributed by atoms with E-state index in [9.17, 15) is 10.1 Å². The first-order chi connectivity index (χ1) is 12.0. The fraction of sp³-hybridized carbons (Fsp3) is 0.200. The number of carbonyl (C=O) groups is 1. The van der Waals surface area contributed by atoms with Gasteiger partial charge in [-0.1, -0.05) is 12.1 Å². The van der Waals surface area contributed by atoms with Gasteiger partial charge in [-0.3, -0.25) is 4.79 Å². The number of carbonyl (C=O) groups excluding carboxylic acids is 1. The highest BCUT2D eigenvalue weighted by Gasteiger charge is 2.17. The van der Waals surface area contributed by atoms with Gasteiger partial charge in [-0.2, -0.15) is 5.26 Å². The highest BCUT2D eigenvalue weighted by Crippen LogP contribution is 2.35. The van der Waals surface area contributed by atoms with Gasteiger partial charge < -0.3 is 14.6 Å². The number of hydrogen-bond donors (Lipinski definition) is 1. The minimum atomic E-state index is 0.0822. The van der Waals surface area contributed by atoms with Crippen molar-refractivity contribution in [3.05, 3.63) is 48.0 Å². The molecular formula is C20H19N3O2. The van der Waals surface area contributed by atoms with Gasteiger partial charge in [0.1, 0.15) is 11.8 Å². The molecule has 0 aliphatic heterocycles. The van der Waals surface area contributed by atoms with Crippen molar-refractivity contribution in [1.29, 1.82) is 5.26 Å². The highest BCUT2D eigenvalue weighted by molar-refractivity contribution is 5.95. The van der Waals surface area contributed by atoms with Gasteiger partial charge in [0.2, 0.25) is 6.41 Å². The molecule has 0 saturated heterocycles. The van der Waals surface area contributed by atoms with E-state index in [1.807, 2.05) is 61.9 Å². The molecule has 5 heteroatoms. The first-order valence-corrected chi connectivity index (χ1v) is 8.05. The minimum absolute atomic E-state index is 0.0822. The number of benzene rings is 2. The molecule has 0 bridgehead atoms. The van der Waals surface area contributed by atoms with Gasteiger partial charge in [0, 0.05) is 29.8 Å². The summed E-state index contributed by atoms with van der Waals surface area (Å²) in [4.78, 5) is 10.7. The Bertz CT molecular complexity index is 981. The van der Waals surface area contributed by atoms with E-state index in [-0.39, 0.29) is 6.10 Å². The van der Waals surface area contributed by atoms with E-state index in [1.165, 1.54) is 0 Å². The molecule has 0 radical (unpaired) electrons. The van der Waals surface area contributed by atoms with Crippen LogP contribution in [0.2, 0.25) is 0 Å². The summed E-state index contributed by atoms with van der Waals surface area (Å²) in [6.45, 7) is 3.96. The average Bonchev–Trinajstić information content (AvgIpc) is 2.87. The SMILES string of the molecule is CC(C)Oc1ccc2c(C#N)c(-c3cccc(NC=O)c3)n(C)c2c1. The molecule has 0 fully saturated rings. The van der Waals surface area contributed by atoms with E-state index < -0.39 is 0 Å². The Labute approximate surface area is 146 Å². The molecule has 1 aromatic heterocycles. The average molecular weight is 333 g/mol. The number of rotatable bonds is 5. The summed E-state index contributed by atoms with van der Waals surface area (Å²) < 4.78 is 7.76. The Kier molecular flexibility index (Phi) is 4.44. The third-order valence-electron chi connectivity index (χ3n) is 4.02. The third kappa shape index (κ3) is 3.07. The monoisotopic (exact) mass is 333 g/mol. The lowest BCUT2D eigenvalue weighted by atomic mass is 10.1. The zero-order chi connectivity index (χ0) is 18.0. The summed E-state index contributed by atoms with van der Waals surface area (Å²) in [7, 11) is 1.93. The van der Waals surface area contributed by atoms with Crippen LogP contribution in [-0.4, -0.2) is 17.1 Å². The van der Waals surface area contributed by atoms with Crippen molar-refractivity contribution in [1.82, 2.24) is 4.57 Å². The molecule has 0 aliphatic rings. The van der Waals surface area contributed by atoms with Crippen LogP contribution in [0.3, 0.4) is 0 Å². The number of nitrogens with one attached hydrogen (secondary N) is 1. The van der Waals surface area contributed by atoms with Crippen LogP contribution in [-0.2, 0) is 11.8 Å². The quantitative estimate of drug-likeness (QED) is 0.716. The first-order valence-electron chi connectivity index (χ1n) is 8.05. The van der Waals surface area contributed by atoms with Crippen molar-refractivity contribution in [2.24, 2.45) is 7.05 Å². The fourth-order valence-corrected chi connectivity index (χ4v) is 3.04. The number of ether oxygens (including phenoxy) is 1. The molecule has 126 valence electrons. The van der Waals surface area contributed by atoms with Gasteiger partial charge in [-0.05, 0) is 38.1 Å². The van der Waals surface area contributed by atoms with Gasteiger partial charge in [-0.25, -0.2) is 0 Å². The lowest BCUT2D eigenvalue weighted by molar-refractivity contribution is -0.105. The number of fused-ring (bicyclic) bond motifs is 1. The molecule has 2 aromatic carbocycles. The van der Waals surface area contributed by atoms with Crippen LogP contribution in [0.15, 0.2) is 42.5 Å². The van der Waals surface area contributed by atoms with Crippen LogP contribution in [0.5, 0.6) is 5.75 Å². The zero-order valence-corrected chi connectivity index (χ0v) is 14.4. The van der Waals surface area contributed by atoms with E-state index in [0.29, 0.717) is 17.7 Å². The van der Waals surface area contributed by atoms with Crippen LogP contribution in [0.4, 0.5) is 5.69 Å². The van der Waals surface area contributed by atoms with Gasteiger partial charge in [0.15, 0.2) is 0 Å². The lowest BCUT2D eigenvalue weighted by Gasteiger charge is -2.10. The number of aromatic nitrogens is 1. The molecule has 0 atom stereocenters. The van der Waals surface area contributed by atoms with Crippen molar-refractivity contribution in [2.75, 3.05) is 5.32 Å². The molecule has 0 unspecified atom stereocenters. The standard InChI is InChI=1S/C20H19N3O2/c1-13(2)25-16-7-8-17-18(11-21)20(23(3)19(17)10-16)14-5-4-6-15(9-14)22-12-24/h4-10,12-13H,1-3H3,(H,22,24). The van der Waals surface area contributed by atoms with Crippen molar-refractivity contribution in [3.8, 4) is 23.1 Å². The van der Waals surface area contributed by atoms with E-state index in [1.54, 1.807) is 6.07 Å². The number of anilines is 1. The van der Waals surface area contributed by atoms with Crippen molar-refractivity contribution >= 4 is 23.0 Å². The third-order valence-corrected chi connectivity index (χ3v) is 4.02.